The molecule has 1 unspecified atom stereocenters. The number of sulfonamides is 1. The van der Waals surface area contributed by atoms with E-state index in [4.69, 9.17) is 0 Å². The second-order valence-corrected chi connectivity index (χ2v) is 9.54. The van der Waals surface area contributed by atoms with Gasteiger partial charge in [0, 0.05) is 30.3 Å². The van der Waals surface area contributed by atoms with Gasteiger partial charge in [-0.25, -0.2) is 12.7 Å². The molecule has 24 heavy (non-hydrogen) atoms. The van der Waals surface area contributed by atoms with E-state index in [0.29, 0.717) is 26.1 Å². The first-order valence-corrected chi connectivity index (χ1v) is 11.1. The van der Waals surface area contributed by atoms with Gasteiger partial charge in [0.1, 0.15) is 0 Å². The number of carbonyl (C=O) groups is 1. The number of anilines is 1. The summed E-state index contributed by atoms with van der Waals surface area (Å²) in [7, 11) is -3.23. The molecule has 0 spiro atoms. The Bertz CT molecular complexity index is 706. The maximum absolute atomic E-state index is 13.0. The summed E-state index contributed by atoms with van der Waals surface area (Å²) in [6.07, 6.45) is 2.13. The number of amides is 1. The quantitative estimate of drug-likeness (QED) is 0.820. The summed E-state index contributed by atoms with van der Waals surface area (Å²) in [6.45, 7) is 3.43. The topological polar surface area (TPSA) is 57.7 Å². The van der Waals surface area contributed by atoms with Crippen LogP contribution in [-0.2, 0) is 14.8 Å². The number of piperidine rings is 1. The molecule has 1 saturated heterocycles. The van der Waals surface area contributed by atoms with Crippen molar-refractivity contribution in [1.82, 2.24) is 4.31 Å². The predicted octanol–water partition coefficient (Wildman–Crippen LogP) is 2.58. The molecule has 0 N–H and O–H groups in total. The second kappa shape index (κ2) is 7.45. The van der Waals surface area contributed by atoms with Gasteiger partial charge in [0.15, 0.2) is 0 Å². The number of hydrogen-bond donors (Lipinski definition) is 0. The summed E-state index contributed by atoms with van der Waals surface area (Å²) < 4.78 is 26.2. The fraction of sp³-hybridized carbons (Fsp3) is 0.588. The van der Waals surface area contributed by atoms with Crippen molar-refractivity contribution in [2.75, 3.05) is 36.0 Å². The molecule has 1 fully saturated rings. The molecular formula is C17H24N2O3S2. The number of thioether (sulfide) groups is 1. The Labute approximate surface area is 148 Å². The molecule has 1 aromatic rings. The number of hydrogen-bond acceptors (Lipinski definition) is 4. The van der Waals surface area contributed by atoms with Gasteiger partial charge >= 0.3 is 0 Å². The molecule has 2 aliphatic heterocycles. The molecule has 5 nitrogen and oxygen atoms in total. The van der Waals surface area contributed by atoms with Crippen molar-refractivity contribution in [2.45, 2.75) is 31.1 Å². The molecule has 2 heterocycles. The fourth-order valence-corrected chi connectivity index (χ4v) is 5.99. The zero-order chi connectivity index (χ0) is 17.2. The molecule has 1 atom stereocenters. The third kappa shape index (κ3) is 3.63. The molecule has 0 saturated carbocycles. The summed E-state index contributed by atoms with van der Waals surface area (Å²) in [5.41, 5.74) is 0.965. The largest absolute Gasteiger partial charge is 0.310 e. The highest BCUT2D eigenvalue weighted by molar-refractivity contribution is 7.99. The molecule has 0 aliphatic carbocycles. The van der Waals surface area contributed by atoms with Crippen molar-refractivity contribution in [3.05, 3.63) is 24.3 Å². The normalized spacial score (nSPS) is 22.2. The minimum absolute atomic E-state index is 0.0687. The van der Waals surface area contributed by atoms with E-state index in [1.54, 1.807) is 11.8 Å². The molecular weight excluding hydrogens is 344 g/mol. The molecule has 0 aromatic heterocycles. The first-order chi connectivity index (χ1) is 11.5. The van der Waals surface area contributed by atoms with Crippen molar-refractivity contribution >= 4 is 33.4 Å². The number of benzene rings is 1. The summed E-state index contributed by atoms with van der Waals surface area (Å²) in [5.74, 6) is 0.880. The third-order valence-corrected chi connectivity index (χ3v) is 7.67. The van der Waals surface area contributed by atoms with E-state index in [1.807, 2.05) is 36.1 Å². The Morgan fingerprint density at radius 2 is 2.08 bits per heavy atom. The second-order valence-electron chi connectivity index (χ2n) is 6.32. The molecule has 0 radical (unpaired) electrons. The Balaban J connectivity index is 1.76. The van der Waals surface area contributed by atoms with E-state index in [2.05, 4.69) is 0 Å². The lowest BCUT2D eigenvalue weighted by Gasteiger charge is -2.36. The summed E-state index contributed by atoms with van der Waals surface area (Å²) in [6, 6.07) is 7.95. The van der Waals surface area contributed by atoms with Gasteiger partial charge in [-0.2, -0.15) is 0 Å². The van der Waals surface area contributed by atoms with Crippen molar-refractivity contribution < 1.29 is 13.2 Å². The highest BCUT2D eigenvalue weighted by Crippen LogP contribution is 2.36. The van der Waals surface area contributed by atoms with Gasteiger partial charge in [0.25, 0.3) is 0 Å². The van der Waals surface area contributed by atoms with Crippen LogP contribution in [0.1, 0.15) is 26.2 Å². The number of carbonyl (C=O) groups excluding carboxylic acids is 1. The minimum Gasteiger partial charge on any atom is -0.310 e. The maximum Gasteiger partial charge on any atom is 0.231 e. The Morgan fingerprint density at radius 1 is 1.29 bits per heavy atom. The van der Waals surface area contributed by atoms with Crippen LogP contribution in [0.3, 0.4) is 0 Å². The highest BCUT2D eigenvalue weighted by Gasteiger charge is 2.35. The van der Waals surface area contributed by atoms with Crippen LogP contribution in [0, 0.1) is 5.92 Å². The van der Waals surface area contributed by atoms with Crippen molar-refractivity contribution in [2.24, 2.45) is 5.92 Å². The zero-order valence-corrected chi connectivity index (χ0v) is 15.6. The number of para-hydroxylation sites is 1. The van der Waals surface area contributed by atoms with Crippen molar-refractivity contribution in [3.8, 4) is 0 Å². The molecule has 7 heteroatoms. The van der Waals surface area contributed by atoms with Gasteiger partial charge in [-0.1, -0.05) is 19.1 Å². The van der Waals surface area contributed by atoms with Gasteiger partial charge in [-0.05, 0) is 31.4 Å². The lowest BCUT2D eigenvalue weighted by atomic mass is 9.97. The van der Waals surface area contributed by atoms with Gasteiger partial charge in [-0.3, -0.25) is 4.79 Å². The van der Waals surface area contributed by atoms with E-state index in [0.717, 1.165) is 29.2 Å². The Kier molecular flexibility index (Phi) is 5.52. The first-order valence-electron chi connectivity index (χ1n) is 8.54. The van der Waals surface area contributed by atoms with Crippen LogP contribution in [0.15, 0.2) is 29.2 Å². The van der Waals surface area contributed by atoms with E-state index in [1.165, 1.54) is 4.31 Å². The van der Waals surface area contributed by atoms with Crippen LogP contribution in [0.25, 0.3) is 0 Å². The van der Waals surface area contributed by atoms with Gasteiger partial charge in [0.05, 0.1) is 17.4 Å². The predicted molar refractivity (Wildman–Crippen MR) is 97.9 cm³/mol. The molecule has 132 valence electrons. The number of rotatable bonds is 4. The summed E-state index contributed by atoms with van der Waals surface area (Å²) >= 11 is 1.77. The van der Waals surface area contributed by atoms with Crippen LogP contribution in [-0.4, -0.2) is 49.8 Å². The lowest BCUT2D eigenvalue weighted by Crippen LogP contribution is -2.48. The zero-order valence-electron chi connectivity index (χ0n) is 14.0. The average molecular weight is 369 g/mol. The molecule has 1 amide bonds. The van der Waals surface area contributed by atoms with E-state index < -0.39 is 10.0 Å². The smallest absolute Gasteiger partial charge is 0.231 e. The maximum atomic E-state index is 13.0. The van der Waals surface area contributed by atoms with E-state index in [9.17, 15) is 13.2 Å². The van der Waals surface area contributed by atoms with Crippen LogP contribution in [0.2, 0.25) is 0 Å². The minimum atomic E-state index is -3.23. The van der Waals surface area contributed by atoms with Gasteiger partial charge < -0.3 is 4.90 Å². The van der Waals surface area contributed by atoms with Crippen LogP contribution in [0.4, 0.5) is 5.69 Å². The van der Waals surface area contributed by atoms with Gasteiger partial charge in [0.2, 0.25) is 15.9 Å². The number of nitrogens with zero attached hydrogens (tertiary/aromatic N) is 2. The summed E-state index contributed by atoms with van der Waals surface area (Å²) in [4.78, 5) is 16.0. The van der Waals surface area contributed by atoms with Crippen molar-refractivity contribution in [3.63, 3.8) is 0 Å². The molecule has 3 rings (SSSR count). The SMILES string of the molecule is CCCS(=O)(=O)N1CCCC(C(=O)N2CCSc3ccccc32)C1. The van der Waals surface area contributed by atoms with E-state index >= 15 is 0 Å². The Morgan fingerprint density at radius 3 is 2.88 bits per heavy atom. The molecule has 0 bridgehead atoms. The van der Waals surface area contributed by atoms with E-state index in [-0.39, 0.29) is 17.6 Å². The summed E-state index contributed by atoms with van der Waals surface area (Å²) in [5, 5.41) is 0. The fourth-order valence-electron chi connectivity index (χ4n) is 3.40. The number of fused-ring (bicyclic) bond motifs is 1. The van der Waals surface area contributed by atoms with Crippen LogP contribution in [0.5, 0.6) is 0 Å². The van der Waals surface area contributed by atoms with Gasteiger partial charge in [-0.15, -0.1) is 11.8 Å². The van der Waals surface area contributed by atoms with Crippen LogP contribution < -0.4 is 4.90 Å². The Hall–Kier alpha value is -1.05. The third-order valence-electron chi connectivity index (χ3n) is 4.58. The standard InChI is InChI=1S/C17H24N2O3S2/c1-2-12-24(21,22)18-9-5-6-14(13-18)17(20)19-10-11-23-16-8-4-3-7-15(16)19/h3-4,7-8,14H,2,5-6,9-13H2,1H3. The van der Waals surface area contributed by atoms with Crippen molar-refractivity contribution in [1.29, 1.82) is 0 Å². The molecule has 1 aromatic carbocycles. The molecule has 2 aliphatic rings. The first kappa shape index (κ1) is 17.8. The van der Waals surface area contributed by atoms with Crippen LogP contribution >= 0.6 is 11.8 Å². The monoisotopic (exact) mass is 368 g/mol. The average Bonchev–Trinajstić information content (AvgIpc) is 2.61. The lowest BCUT2D eigenvalue weighted by molar-refractivity contribution is -0.123. The highest BCUT2D eigenvalue weighted by atomic mass is 32.2.